The Balaban J connectivity index is 2.09. The maximum absolute atomic E-state index is 13.0. The smallest absolute Gasteiger partial charge is 0.326 e. The van der Waals surface area contributed by atoms with Crippen LogP contribution in [-0.4, -0.2) is 43.9 Å². The standard InChI is InChI=1S/C16H18BrN3O3/c1-2-4-11-14(20-9-10(17)6-7-13(20)18-11)15(21)19-8-3-5-12(19)16(22)23/h6-7,9,12H,2-5,8H2,1H3,(H,22,23). The molecule has 1 unspecified atom stereocenters. The Hall–Kier alpha value is -1.89. The van der Waals surface area contributed by atoms with E-state index in [2.05, 4.69) is 20.9 Å². The number of carboxylic acid groups (broad SMARTS) is 1. The molecule has 1 fully saturated rings. The number of amides is 1. The van der Waals surface area contributed by atoms with Crippen LogP contribution < -0.4 is 0 Å². The Morgan fingerprint density at radius 1 is 1.43 bits per heavy atom. The first-order valence-electron chi connectivity index (χ1n) is 7.73. The first-order chi connectivity index (χ1) is 11.0. The molecule has 3 rings (SSSR count). The number of hydrogen-bond acceptors (Lipinski definition) is 3. The van der Waals surface area contributed by atoms with Gasteiger partial charge < -0.3 is 10.0 Å². The summed E-state index contributed by atoms with van der Waals surface area (Å²) in [4.78, 5) is 30.4. The van der Waals surface area contributed by atoms with Crippen molar-refractivity contribution in [3.8, 4) is 0 Å². The highest BCUT2D eigenvalue weighted by molar-refractivity contribution is 9.10. The lowest BCUT2D eigenvalue weighted by Crippen LogP contribution is -2.41. The minimum atomic E-state index is -0.942. The topological polar surface area (TPSA) is 74.9 Å². The Bertz CT molecular complexity index is 771. The zero-order valence-electron chi connectivity index (χ0n) is 12.8. The molecule has 2 aromatic rings. The molecule has 0 saturated carbocycles. The number of pyridine rings is 1. The van der Waals surface area contributed by atoms with E-state index in [9.17, 15) is 14.7 Å². The summed E-state index contributed by atoms with van der Waals surface area (Å²) in [6.07, 6.45) is 4.58. The lowest BCUT2D eigenvalue weighted by molar-refractivity contribution is -0.141. The van der Waals surface area contributed by atoms with Gasteiger partial charge in [0.25, 0.3) is 5.91 Å². The number of carbonyl (C=O) groups is 2. The third-order valence-electron chi connectivity index (χ3n) is 4.14. The molecule has 1 amide bonds. The van der Waals surface area contributed by atoms with Gasteiger partial charge >= 0.3 is 5.97 Å². The molecule has 122 valence electrons. The van der Waals surface area contributed by atoms with Crippen LogP contribution in [0.3, 0.4) is 0 Å². The van der Waals surface area contributed by atoms with E-state index in [-0.39, 0.29) is 5.91 Å². The Morgan fingerprint density at radius 2 is 2.22 bits per heavy atom. The number of hydrogen-bond donors (Lipinski definition) is 1. The van der Waals surface area contributed by atoms with Crippen molar-refractivity contribution < 1.29 is 14.7 Å². The molecule has 1 aliphatic heterocycles. The summed E-state index contributed by atoms with van der Waals surface area (Å²) < 4.78 is 2.60. The second kappa shape index (κ2) is 6.31. The van der Waals surface area contributed by atoms with E-state index >= 15 is 0 Å². The molecular weight excluding hydrogens is 362 g/mol. The highest BCUT2D eigenvalue weighted by Gasteiger charge is 2.36. The molecule has 1 N–H and O–H groups in total. The molecule has 2 aromatic heterocycles. The summed E-state index contributed by atoms with van der Waals surface area (Å²) in [6.45, 7) is 2.51. The molecule has 0 spiro atoms. The molecule has 1 aliphatic rings. The molecule has 6 nitrogen and oxygen atoms in total. The van der Waals surface area contributed by atoms with E-state index in [0.717, 1.165) is 16.6 Å². The highest BCUT2D eigenvalue weighted by atomic mass is 79.9. The summed E-state index contributed by atoms with van der Waals surface area (Å²) in [5.74, 6) is -1.19. The van der Waals surface area contributed by atoms with Crippen molar-refractivity contribution in [1.82, 2.24) is 14.3 Å². The van der Waals surface area contributed by atoms with E-state index in [0.29, 0.717) is 37.1 Å². The number of halogens is 1. The SMILES string of the molecule is CCCc1nc2ccc(Br)cn2c1C(=O)N1CCCC1C(=O)O. The average Bonchev–Trinajstić information content (AvgIpc) is 3.11. The van der Waals surface area contributed by atoms with Crippen LogP contribution in [-0.2, 0) is 11.2 Å². The zero-order chi connectivity index (χ0) is 16.6. The maximum atomic E-state index is 13.0. The Morgan fingerprint density at radius 3 is 2.91 bits per heavy atom. The summed E-state index contributed by atoms with van der Waals surface area (Å²) in [5.41, 5.74) is 1.91. The van der Waals surface area contributed by atoms with Crippen LogP contribution in [0.15, 0.2) is 22.8 Å². The van der Waals surface area contributed by atoms with E-state index in [1.54, 1.807) is 10.6 Å². The largest absolute Gasteiger partial charge is 0.480 e. The summed E-state index contributed by atoms with van der Waals surface area (Å²) in [7, 11) is 0. The number of aliphatic carboxylic acids is 1. The van der Waals surface area contributed by atoms with Crippen molar-refractivity contribution >= 4 is 33.5 Å². The van der Waals surface area contributed by atoms with Crippen molar-refractivity contribution in [2.75, 3.05) is 6.54 Å². The number of carbonyl (C=O) groups excluding carboxylic acids is 1. The van der Waals surface area contributed by atoms with Gasteiger partial charge in [0.1, 0.15) is 17.4 Å². The lowest BCUT2D eigenvalue weighted by atomic mass is 10.1. The van der Waals surface area contributed by atoms with Gasteiger partial charge in [-0.05, 0) is 47.3 Å². The number of aryl methyl sites for hydroxylation is 1. The van der Waals surface area contributed by atoms with Crippen LogP contribution in [0, 0.1) is 0 Å². The summed E-state index contributed by atoms with van der Waals surface area (Å²) in [5, 5.41) is 9.34. The number of imidazole rings is 1. The highest BCUT2D eigenvalue weighted by Crippen LogP contribution is 2.24. The molecular formula is C16H18BrN3O3. The molecule has 7 heteroatoms. The van der Waals surface area contributed by atoms with Gasteiger partial charge in [0, 0.05) is 17.2 Å². The van der Waals surface area contributed by atoms with E-state index in [1.165, 1.54) is 4.90 Å². The normalized spacial score (nSPS) is 17.8. The minimum Gasteiger partial charge on any atom is -0.480 e. The van der Waals surface area contributed by atoms with E-state index in [1.807, 2.05) is 19.1 Å². The van der Waals surface area contributed by atoms with Crippen LogP contribution >= 0.6 is 15.9 Å². The molecule has 3 heterocycles. The van der Waals surface area contributed by atoms with Crippen LogP contribution in [0.5, 0.6) is 0 Å². The van der Waals surface area contributed by atoms with Gasteiger partial charge in [0.15, 0.2) is 0 Å². The van der Waals surface area contributed by atoms with Gasteiger partial charge in [-0.3, -0.25) is 9.20 Å². The number of carboxylic acids is 1. The average molecular weight is 380 g/mol. The van der Waals surface area contributed by atoms with Crippen LogP contribution in [0.4, 0.5) is 0 Å². The van der Waals surface area contributed by atoms with E-state index < -0.39 is 12.0 Å². The van der Waals surface area contributed by atoms with Crippen molar-refractivity contribution in [2.24, 2.45) is 0 Å². The predicted molar refractivity (Wildman–Crippen MR) is 88.6 cm³/mol. The van der Waals surface area contributed by atoms with Crippen molar-refractivity contribution in [3.05, 3.63) is 34.2 Å². The lowest BCUT2D eigenvalue weighted by Gasteiger charge is -2.21. The Kier molecular flexibility index (Phi) is 4.39. The monoisotopic (exact) mass is 379 g/mol. The molecule has 0 bridgehead atoms. The second-order valence-corrected chi connectivity index (χ2v) is 6.64. The van der Waals surface area contributed by atoms with Crippen molar-refractivity contribution in [2.45, 2.75) is 38.6 Å². The fourth-order valence-corrected chi connectivity index (χ4v) is 3.44. The third-order valence-corrected chi connectivity index (χ3v) is 4.61. The molecule has 0 radical (unpaired) electrons. The van der Waals surface area contributed by atoms with Crippen molar-refractivity contribution in [3.63, 3.8) is 0 Å². The summed E-state index contributed by atoms with van der Waals surface area (Å²) in [6, 6.07) is 2.98. The number of aromatic nitrogens is 2. The van der Waals surface area contributed by atoms with Gasteiger partial charge in [0.05, 0.1) is 5.69 Å². The third kappa shape index (κ3) is 2.85. The number of nitrogens with zero attached hydrogens (tertiary/aromatic N) is 3. The summed E-state index contributed by atoms with van der Waals surface area (Å²) >= 11 is 3.41. The first kappa shape index (κ1) is 16.0. The Labute approximate surface area is 142 Å². The number of rotatable bonds is 4. The molecule has 0 aliphatic carbocycles. The van der Waals surface area contributed by atoms with Crippen LogP contribution in [0.2, 0.25) is 0 Å². The maximum Gasteiger partial charge on any atom is 0.326 e. The molecule has 1 atom stereocenters. The quantitative estimate of drug-likeness (QED) is 0.885. The number of fused-ring (bicyclic) bond motifs is 1. The van der Waals surface area contributed by atoms with Gasteiger partial charge in [-0.2, -0.15) is 0 Å². The second-order valence-electron chi connectivity index (χ2n) is 5.73. The zero-order valence-corrected chi connectivity index (χ0v) is 14.4. The molecule has 0 aromatic carbocycles. The molecule has 23 heavy (non-hydrogen) atoms. The van der Waals surface area contributed by atoms with Crippen molar-refractivity contribution in [1.29, 1.82) is 0 Å². The first-order valence-corrected chi connectivity index (χ1v) is 8.52. The van der Waals surface area contributed by atoms with Gasteiger partial charge in [0.2, 0.25) is 0 Å². The fourth-order valence-electron chi connectivity index (χ4n) is 3.11. The van der Waals surface area contributed by atoms with E-state index in [4.69, 9.17) is 0 Å². The van der Waals surface area contributed by atoms with Gasteiger partial charge in [-0.25, -0.2) is 9.78 Å². The predicted octanol–water partition coefficient (Wildman–Crippen LogP) is 2.74. The van der Waals surface area contributed by atoms with Gasteiger partial charge in [-0.15, -0.1) is 0 Å². The number of likely N-dealkylation sites (tertiary alicyclic amines) is 1. The fraction of sp³-hybridized carbons (Fsp3) is 0.438. The minimum absolute atomic E-state index is 0.246. The van der Waals surface area contributed by atoms with Crippen LogP contribution in [0.1, 0.15) is 42.4 Å². The molecule has 1 saturated heterocycles. The van der Waals surface area contributed by atoms with Crippen LogP contribution in [0.25, 0.3) is 5.65 Å². The van der Waals surface area contributed by atoms with Gasteiger partial charge in [-0.1, -0.05) is 13.3 Å².